The van der Waals surface area contributed by atoms with Crippen molar-refractivity contribution in [2.24, 2.45) is 0 Å². The van der Waals surface area contributed by atoms with E-state index in [9.17, 15) is 9.59 Å². The van der Waals surface area contributed by atoms with Crippen molar-refractivity contribution in [1.29, 1.82) is 0 Å². The van der Waals surface area contributed by atoms with Crippen molar-refractivity contribution in [1.82, 2.24) is 4.90 Å². The molecule has 0 amide bonds. The van der Waals surface area contributed by atoms with Crippen molar-refractivity contribution < 1.29 is 19.4 Å². The number of ether oxygens (including phenoxy) is 1. The van der Waals surface area contributed by atoms with Crippen molar-refractivity contribution in [3.63, 3.8) is 0 Å². The van der Waals surface area contributed by atoms with Crippen LogP contribution >= 0.6 is 0 Å². The monoisotopic (exact) mass is 335 g/mol. The Bertz CT molecular complexity index is 526. The summed E-state index contributed by atoms with van der Waals surface area (Å²) in [5, 5.41) is 8.71. The number of carbonyl (C=O) groups is 2. The highest BCUT2D eigenvalue weighted by atomic mass is 16.5. The number of benzene rings is 1. The van der Waals surface area contributed by atoms with Gasteiger partial charge in [-0.25, -0.2) is 0 Å². The third-order valence-electron chi connectivity index (χ3n) is 4.17. The minimum absolute atomic E-state index is 0.0144. The predicted octanol–water partition coefficient (Wildman–Crippen LogP) is 3.08. The molecule has 0 aliphatic heterocycles. The molecule has 1 rings (SSSR count). The summed E-state index contributed by atoms with van der Waals surface area (Å²) in [6.45, 7) is 10.3. The molecule has 0 aliphatic rings. The Balaban J connectivity index is 2.57. The van der Waals surface area contributed by atoms with Gasteiger partial charge in [0.05, 0.1) is 13.2 Å². The van der Waals surface area contributed by atoms with Gasteiger partial charge < -0.3 is 14.7 Å². The largest absolute Gasteiger partial charge is 0.481 e. The maximum Gasteiger partial charge on any atom is 0.310 e. The number of ketones is 1. The average Bonchev–Trinajstić information content (AvgIpc) is 2.54. The van der Waals surface area contributed by atoms with Crippen LogP contribution in [0.25, 0.3) is 0 Å². The second-order valence-corrected chi connectivity index (χ2v) is 5.99. The number of hydrogen-bond donors (Lipinski definition) is 1. The second-order valence-electron chi connectivity index (χ2n) is 5.99. The van der Waals surface area contributed by atoms with Crippen LogP contribution in [0.2, 0.25) is 0 Å². The SMILES string of the molecule is CCN(CC)CCOCc1ccccc1C(C)CC(=O)CC(=O)O. The minimum atomic E-state index is -1.07. The summed E-state index contributed by atoms with van der Waals surface area (Å²) in [5.41, 5.74) is 2.12. The molecule has 0 bridgehead atoms. The van der Waals surface area contributed by atoms with Gasteiger partial charge >= 0.3 is 5.97 Å². The molecule has 1 aromatic rings. The van der Waals surface area contributed by atoms with Gasteiger partial charge in [0, 0.05) is 13.0 Å². The summed E-state index contributed by atoms with van der Waals surface area (Å²) in [6, 6.07) is 7.89. The standard InChI is InChI=1S/C19H29NO4/c1-4-20(5-2)10-11-24-14-16-8-6-7-9-18(16)15(3)12-17(21)13-19(22)23/h6-9,15H,4-5,10-14H2,1-3H3,(H,22,23). The van der Waals surface area contributed by atoms with E-state index in [1.165, 1.54) is 0 Å². The number of carboxylic acid groups (broad SMARTS) is 1. The van der Waals surface area contributed by atoms with Crippen LogP contribution in [0.1, 0.15) is 50.7 Å². The normalized spacial score (nSPS) is 12.3. The number of carbonyl (C=O) groups excluding carboxylic acids is 1. The molecule has 0 heterocycles. The number of likely N-dealkylation sites (N-methyl/N-ethyl adjacent to an activating group) is 1. The fourth-order valence-electron chi connectivity index (χ4n) is 2.75. The zero-order chi connectivity index (χ0) is 17.9. The molecule has 1 aromatic carbocycles. The summed E-state index contributed by atoms with van der Waals surface area (Å²) < 4.78 is 5.79. The first-order chi connectivity index (χ1) is 11.5. The molecule has 1 N–H and O–H groups in total. The third-order valence-corrected chi connectivity index (χ3v) is 4.17. The van der Waals surface area contributed by atoms with E-state index < -0.39 is 12.4 Å². The van der Waals surface area contributed by atoms with E-state index in [2.05, 4.69) is 18.7 Å². The Morgan fingerprint density at radius 1 is 1.21 bits per heavy atom. The molecule has 0 saturated heterocycles. The number of Topliss-reactive ketones (excluding diaryl/α,β-unsaturated/α-hetero) is 1. The van der Waals surface area contributed by atoms with Crippen LogP contribution in [0.4, 0.5) is 0 Å². The fourth-order valence-corrected chi connectivity index (χ4v) is 2.75. The second kappa shape index (κ2) is 10.9. The molecule has 0 spiro atoms. The molecule has 1 unspecified atom stereocenters. The van der Waals surface area contributed by atoms with Gasteiger partial charge in [-0.3, -0.25) is 9.59 Å². The van der Waals surface area contributed by atoms with Gasteiger partial charge in [0.25, 0.3) is 0 Å². The number of carboxylic acids is 1. The predicted molar refractivity (Wildman–Crippen MR) is 94.2 cm³/mol. The first-order valence-electron chi connectivity index (χ1n) is 8.59. The maximum absolute atomic E-state index is 11.7. The van der Waals surface area contributed by atoms with Gasteiger partial charge in [-0.1, -0.05) is 45.0 Å². The van der Waals surface area contributed by atoms with Gasteiger partial charge in [-0.2, -0.15) is 0 Å². The molecule has 5 nitrogen and oxygen atoms in total. The Kier molecular flexibility index (Phi) is 9.27. The van der Waals surface area contributed by atoms with Crippen molar-refractivity contribution in [2.45, 2.75) is 46.1 Å². The summed E-state index contributed by atoms with van der Waals surface area (Å²) in [5.74, 6) is -1.33. The van der Waals surface area contributed by atoms with Crippen LogP contribution in [0.3, 0.4) is 0 Å². The van der Waals surface area contributed by atoms with E-state index in [1.807, 2.05) is 31.2 Å². The smallest absolute Gasteiger partial charge is 0.310 e. The lowest BCUT2D eigenvalue weighted by Crippen LogP contribution is -2.27. The van der Waals surface area contributed by atoms with Gasteiger partial charge in [-0.15, -0.1) is 0 Å². The van der Waals surface area contributed by atoms with E-state index in [4.69, 9.17) is 9.84 Å². The van der Waals surface area contributed by atoms with E-state index >= 15 is 0 Å². The Morgan fingerprint density at radius 2 is 1.88 bits per heavy atom. The molecule has 1 atom stereocenters. The van der Waals surface area contributed by atoms with Gasteiger partial charge in [0.15, 0.2) is 0 Å². The van der Waals surface area contributed by atoms with Crippen LogP contribution in [-0.4, -0.2) is 48.0 Å². The fraction of sp³-hybridized carbons (Fsp3) is 0.579. The van der Waals surface area contributed by atoms with E-state index in [1.54, 1.807) is 0 Å². The summed E-state index contributed by atoms with van der Waals surface area (Å²) in [4.78, 5) is 24.7. The lowest BCUT2D eigenvalue weighted by molar-refractivity contribution is -0.140. The van der Waals surface area contributed by atoms with Gasteiger partial charge in [0.2, 0.25) is 0 Å². The molecule has 0 aliphatic carbocycles. The molecule has 0 saturated carbocycles. The highest BCUT2D eigenvalue weighted by Gasteiger charge is 2.16. The molecule has 0 aromatic heterocycles. The van der Waals surface area contributed by atoms with Crippen molar-refractivity contribution in [2.75, 3.05) is 26.2 Å². The summed E-state index contributed by atoms with van der Waals surface area (Å²) in [6.07, 6.45) is -0.171. The number of hydrogen-bond acceptors (Lipinski definition) is 4. The van der Waals surface area contributed by atoms with Crippen molar-refractivity contribution in [3.8, 4) is 0 Å². The maximum atomic E-state index is 11.7. The molecule has 5 heteroatoms. The van der Waals surface area contributed by atoms with E-state index in [-0.39, 0.29) is 18.1 Å². The average molecular weight is 335 g/mol. The summed E-state index contributed by atoms with van der Waals surface area (Å²) in [7, 11) is 0. The van der Waals surface area contributed by atoms with E-state index in [0.29, 0.717) is 13.2 Å². The lowest BCUT2D eigenvalue weighted by Gasteiger charge is -2.19. The van der Waals surface area contributed by atoms with Crippen LogP contribution in [0.15, 0.2) is 24.3 Å². The van der Waals surface area contributed by atoms with Crippen LogP contribution < -0.4 is 0 Å². The lowest BCUT2D eigenvalue weighted by atomic mass is 9.91. The van der Waals surface area contributed by atoms with Gasteiger partial charge in [0.1, 0.15) is 12.2 Å². The quantitative estimate of drug-likeness (QED) is 0.470. The third kappa shape index (κ3) is 7.23. The zero-order valence-corrected chi connectivity index (χ0v) is 15.0. The molecule has 0 radical (unpaired) electrons. The number of rotatable bonds is 12. The molecular formula is C19H29NO4. The van der Waals surface area contributed by atoms with E-state index in [0.717, 1.165) is 30.8 Å². The first kappa shape index (κ1) is 20.3. The Labute approximate surface area is 144 Å². The van der Waals surface area contributed by atoms with Crippen LogP contribution in [0.5, 0.6) is 0 Å². The number of aliphatic carboxylic acids is 1. The van der Waals surface area contributed by atoms with Crippen LogP contribution in [0, 0.1) is 0 Å². The molecular weight excluding hydrogens is 306 g/mol. The highest BCUT2D eigenvalue weighted by Crippen LogP contribution is 2.24. The molecule has 134 valence electrons. The highest BCUT2D eigenvalue weighted by molar-refractivity contribution is 5.95. The topological polar surface area (TPSA) is 66.8 Å². The first-order valence-corrected chi connectivity index (χ1v) is 8.59. The van der Waals surface area contributed by atoms with Crippen LogP contribution in [-0.2, 0) is 20.9 Å². The number of nitrogens with zero attached hydrogens (tertiary/aromatic N) is 1. The Morgan fingerprint density at radius 3 is 2.50 bits per heavy atom. The van der Waals surface area contributed by atoms with Crippen molar-refractivity contribution in [3.05, 3.63) is 35.4 Å². The zero-order valence-electron chi connectivity index (χ0n) is 15.0. The minimum Gasteiger partial charge on any atom is -0.481 e. The van der Waals surface area contributed by atoms with Gasteiger partial charge in [-0.05, 0) is 30.1 Å². The Hall–Kier alpha value is -1.72. The summed E-state index contributed by atoms with van der Waals surface area (Å²) >= 11 is 0. The molecule has 24 heavy (non-hydrogen) atoms. The van der Waals surface area contributed by atoms with Crippen molar-refractivity contribution >= 4 is 11.8 Å². The molecule has 0 fully saturated rings.